The number of hydrogen-bond acceptors (Lipinski definition) is 3. The molecule has 96 valence electrons. The van der Waals surface area contributed by atoms with Crippen LogP contribution >= 0.6 is 15.9 Å². The molecule has 1 N–H and O–H groups in total. The summed E-state index contributed by atoms with van der Waals surface area (Å²) in [6.45, 7) is 4.24. The average molecular weight is 311 g/mol. The maximum Gasteiger partial charge on any atom is 0.252 e. The molecule has 0 spiro atoms. The molecule has 2 rings (SSSR count). The minimum atomic E-state index is -0.448. The molecule has 1 atom stereocenters. The highest BCUT2D eigenvalue weighted by Gasteiger charge is 2.37. The molecule has 1 saturated heterocycles. The van der Waals surface area contributed by atoms with Gasteiger partial charge in [-0.15, -0.1) is 0 Å². The van der Waals surface area contributed by atoms with E-state index < -0.39 is 6.04 Å². The zero-order valence-corrected chi connectivity index (χ0v) is 12.0. The molecule has 0 saturated carbocycles. The van der Waals surface area contributed by atoms with Crippen molar-refractivity contribution in [3.63, 3.8) is 0 Å². The van der Waals surface area contributed by atoms with Gasteiger partial charge in [0.05, 0.1) is 6.42 Å². The Balaban J connectivity index is 2.15. The van der Waals surface area contributed by atoms with Gasteiger partial charge in [0.25, 0.3) is 5.91 Å². The molecule has 1 aliphatic rings. The number of halogens is 1. The summed E-state index contributed by atoms with van der Waals surface area (Å²) in [5.74, 6) is -0.252. The summed E-state index contributed by atoms with van der Waals surface area (Å²) in [6, 6.07) is 5.40. The summed E-state index contributed by atoms with van der Waals surface area (Å²) in [4.78, 5) is 24.9. The van der Waals surface area contributed by atoms with E-state index in [2.05, 4.69) is 21.2 Å². The number of amides is 2. The number of likely N-dealkylation sites (N-methyl/N-ethyl adjacent to an activating group) is 1. The molecule has 0 bridgehead atoms. The van der Waals surface area contributed by atoms with Crippen molar-refractivity contribution in [2.24, 2.45) is 0 Å². The van der Waals surface area contributed by atoms with E-state index in [1.807, 2.05) is 25.1 Å². The lowest BCUT2D eigenvalue weighted by molar-refractivity contribution is -0.138. The second-order valence-electron chi connectivity index (χ2n) is 4.36. The predicted molar refractivity (Wildman–Crippen MR) is 73.3 cm³/mol. The standard InChI is InChI=1S/C13H15BrN2O2/c1-3-16-12(17)7-11(13(16)18)15-10-5-4-8(2)6-9(10)14/h4-6,11,15H,3,7H2,1-2H3. The number of likely N-dealkylation sites (tertiary alicyclic amines) is 1. The first kappa shape index (κ1) is 13.1. The molecule has 1 unspecified atom stereocenters. The fraction of sp³-hybridized carbons (Fsp3) is 0.385. The van der Waals surface area contributed by atoms with Crippen molar-refractivity contribution < 1.29 is 9.59 Å². The van der Waals surface area contributed by atoms with Gasteiger partial charge in [0.2, 0.25) is 5.91 Å². The highest BCUT2D eigenvalue weighted by molar-refractivity contribution is 9.10. The first-order valence-electron chi connectivity index (χ1n) is 5.89. The van der Waals surface area contributed by atoms with Crippen molar-refractivity contribution >= 4 is 33.4 Å². The fourth-order valence-corrected chi connectivity index (χ4v) is 2.66. The van der Waals surface area contributed by atoms with Crippen molar-refractivity contribution in [2.75, 3.05) is 11.9 Å². The summed E-state index contributed by atoms with van der Waals surface area (Å²) in [6.07, 6.45) is 0.229. The van der Waals surface area contributed by atoms with E-state index in [9.17, 15) is 9.59 Å². The molecule has 1 heterocycles. The minimum Gasteiger partial charge on any atom is -0.372 e. The van der Waals surface area contributed by atoms with E-state index >= 15 is 0 Å². The van der Waals surface area contributed by atoms with Crippen LogP contribution in [0.3, 0.4) is 0 Å². The fourth-order valence-electron chi connectivity index (χ4n) is 2.05. The van der Waals surface area contributed by atoms with Crippen LogP contribution in [0.25, 0.3) is 0 Å². The van der Waals surface area contributed by atoms with Crippen molar-refractivity contribution in [3.05, 3.63) is 28.2 Å². The van der Waals surface area contributed by atoms with Crippen LogP contribution in [-0.2, 0) is 9.59 Å². The Labute approximate surface area is 114 Å². The molecule has 0 aromatic heterocycles. The van der Waals surface area contributed by atoms with E-state index in [4.69, 9.17) is 0 Å². The van der Waals surface area contributed by atoms with Gasteiger partial charge in [0, 0.05) is 16.7 Å². The number of carbonyl (C=O) groups is 2. The van der Waals surface area contributed by atoms with Crippen LogP contribution in [0.15, 0.2) is 22.7 Å². The third-order valence-corrected chi connectivity index (χ3v) is 3.67. The molecule has 1 fully saturated rings. The van der Waals surface area contributed by atoms with Gasteiger partial charge in [-0.1, -0.05) is 6.07 Å². The SMILES string of the molecule is CCN1C(=O)CC(Nc2ccc(C)cc2Br)C1=O. The molecule has 0 radical (unpaired) electrons. The van der Waals surface area contributed by atoms with E-state index in [0.717, 1.165) is 15.7 Å². The first-order chi connectivity index (χ1) is 8.52. The average Bonchev–Trinajstić information content (AvgIpc) is 2.58. The predicted octanol–water partition coefficient (Wildman–Crippen LogP) is 2.32. The largest absolute Gasteiger partial charge is 0.372 e. The summed E-state index contributed by atoms with van der Waals surface area (Å²) < 4.78 is 0.901. The Bertz CT molecular complexity index is 502. The highest BCUT2D eigenvalue weighted by atomic mass is 79.9. The highest BCUT2D eigenvalue weighted by Crippen LogP contribution is 2.26. The van der Waals surface area contributed by atoms with Crippen LogP contribution in [-0.4, -0.2) is 29.3 Å². The Morgan fingerprint density at radius 1 is 1.44 bits per heavy atom. The minimum absolute atomic E-state index is 0.108. The van der Waals surface area contributed by atoms with Gasteiger partial charge < -0.3 is 5.32 Å². The number of aryl methyl sites for hydroxylation is 1. The van der Waals surface area contributed by atoms with Gasteiger partial charge in [0.1, 0.15) is 6.04 Å². The number of anilines is 1. The molecule has 1 aromatic carbocycles. The molecule has 18 heavy (non-hydrogen) atoms. The van der Waals surface area contributed by atoms with Crippen LogP contribution in [0.4, 0.5) is 5.69 Å². The number of carbonyl (C=O) groups excluding carboxylic acids is 2. The quantitative estimate of drug-likeness (QED) is 0.872. The third-order valence-electron chi connectivity index (χ3n) is 3.01. The molecule has 2 amide bonds. The van der Waals surface area contributed by atoms with Gasteiger partial charge in [-0.2, -0.15) is 0 Å². The number of benzene rings is 1. The zero-order valence-electron chi connectivity index (χ0n) is 10.4. The van der Waals surface area contributed by atoms with Crippen LogP contribution in [0, 0.1) is 6.92 Å². The third kappa shape index (κ3) is 2.41. The van der Waals surface area contributed by atoms with Crippen LogP contribution in [0.2, 0.25) is 0 Å². The molecule has 5 heteroatoms. The molecular weight excluding hydrogens is 296 g/mol. The lowest BCUT2D eigenvalue weighted by Gasteiger charge is -2.15. The molecule has 1 aromatic rings. The Morgan fingerprint density at radius 2 is 2.17 bits per heavy atom. The maximum atomic E-state index is 12.0. The number of nitrogens with zero attached hydrogens (tertiary/aromatic N) is 1. The van der Waals surface area contributed by atoms with Crippen LogP contribution in [0.5, 0.6) is 0 Å². The van der Waals surface area contributed by atoms with Crippen LogP contribution < -0.4 is 5.32 Å². The van der Waals surface area contributed by atoms with Crippen molar-refractivity contribution in [3.8, 4) is 0 Å². The van der Waals surface area contributed by atoms with E-state index in [1.54, 1.807) is 6.92 Å². The van der Waals surface area contributed by atoms with Gasteiger partial charge >= 0.3 is 0 Å². The Morgan fingerprint density at radius 3 is 2.72 bits per heavy atom. The zero-order chi connectivity index (χ0) is 13.3. The summed E-state index contributed by atoms with van der Waals surface area (Å²) in [5, 5.41) is 3.12. The smallest absolute Gasteiger partial charge is 0.252 e. The number of nitrogens with one attached hydrogen (secondary N) is 1. The first-order valence-corrected chi connectivity index (χ1v) is 6.69. The lowest BCUT2D eigenvalue weighted by atomic mass is 10.2. The molecule has 0 aliphatic carbocycles. The normalized spacial score (nSPS) is 19.5. The van der Waals surface area contributed by atoms with Crippen molar-refractivity contribution in [1.82, 2.24) is 4.90 Å². The summed E-state index contributed by atoms with van der Waals surface area (Å²) in [5.41, 5.74) is 1.97. The molecule has 4 nitrogen and oxygen atoms in total. The van der Waals surface area contributed by atoms with Gasteiger partial charge in [-0.05, 0) is 47.5 Å². The monoisotopic (exact) mass is 310 g/mol. The van der Waals surface area contributed by atoms with Gasteiger partial charge in [-0.3, -0.25) is 14.5 Å². The maximum absolute atomic E-state index is 12.0. The molecule has 1 aliphatic heterocycles. The van der Waals surface area contributed by atoms with Gasteiger partial charge in [0.15, 0.2) is 0 Å². The van der Waals surface area contributed by atoms with E-state index in [0.29, 0.717) is 6.54 Å². The molecular formula is C13H15BrN2O2. The Hall–Kier alpha value is -1.36. The van der Waals surface area contributed by atoms with Crippen LogP contribution in [0.1, 0.15) is 18.9 Å². The number of imide groups is 1. The topological polar surface area (TPSA) is 49.4 Å². The second-order valence-corrected chi connectivity index (χ2v) is 5.21. The lowest BCUT2D eigenvalue weighted by Crippen LogP contribution is -2.34. The number of hydrogen-bond donors (Lipinski definition) is 1. The summed E-state index contributed by atoms with van der Waals surface area (Å²) >= 11 is 3.45. The Kier molecular flexibility index (Phi) is 3.71. The van der Waals surface area contributed by atoms with Crippen molar-refractivity contribution in [1.29, 1.82) is 0 Å². The summed E-state index contributed by atoms with van der Waals surface area (Å²) in [7, 11) is 0. The number of rotatable bonds is 3. The van der Waals surface area contributed by atoms with E-state index in [1.165, 1.54) is 4.90 Å². The van der Waals surface area contributed by atoms with Gasteiger partial charge in [-0.25, -0.2) is 0 Å². The second kappa shape index (κ2) is 5.10. The van der Waals surface area contributed by atoms with E-state index in [-0.39, 0.29) is 18.2 Å². The van der Waals surface area contributed by atoms with Crippen molar-refractivity contribution in [2.45, 2.75) is 26.3 Å².